The van der Waals surface area contributed by atoms with Gasteiger partial charge in [-0.2, -0.15) is 0 Å². The third-order valence-corrected chi connectivity index (χ3v) is 16.7. The average molecular weight is 1160 g/mol. The van der Waals surface area contributed by atoms with Crippen molar-refractivity contribution >= 4 is 19.7 Å². The first-order chi connectivity index (χ1) is 39.4. The van der Waals surface area contributed by atoms with E-state index in [9.17, 15) is 19.0 Å². The van der Waals surface area contributed by atoms with Gasteiger partial charge in [0.05, 0.1) is 33.8 Å². The van der Waals surface area contributed by atoms with Crippen molar-refractivity contribution in [1.82, 2.24) is 5.32 Å². The Morgan fingerprint density at radius 2 is 0.753 bits per heavy atom. The third-order valence-electron chi connectivity index (χ3n) is 15.7. The summed E-state index contributed by atoms with van der Waals surface area (Å²) in [6.07, 6.45) is 77.0. The van der Waals surface area contributed by atoms with E-state index in [1.807, 2.05) is 33.3 Å². The standard InChI is InChI=1S/C71H135N2O7P/c1-7-10-13-16-19-22-25-27-29-31-32-33-34-35-36-37-38-39-40-42-43-45-48-51-54-57-60-63-70(74)72-68(67-79-81(76,77)78-66-65-73(4,5)6)69(62-59-56-53-50-47-24-21-18-15-12-9-3)80-71(75)64-61-58-55-52-49-46-44-41-30-28-26-23-20-17-14-11-8-2/h20,23,27-30,59,62,68-69H,7-19,21-22,24-26,31-58,60-61,63-67H2,1-6H3,(H-,72,74,76,77)/p+1/b23-20-,29-27+,30-28-,62-59-. The molecular weight excluding hydrogens is 1020 g/mol. The van der Waals surface area contributed by atoms with Crippen LogP contribution in [0.2, 0.25) is 0 Å². The Labute approximate surface area is 503 Å². The maximum absolute atomic E-state index is 13.6. The molecule has 3 atom stereocenters. The SMILES string of the molecule is CCCCC/C=C\C/C=C\CCCCCCCCCC(=O)OC(/C=C\CCCCCCCCCCC)C(COP(=O)(O)OCC[N+](C)(C)C)NC(=O)CCCCCCCCCCCCCCCCCCC/C=C/CCCCCCCC. The lowest BCUT2D eigenvalue weighted by Gasteiger charge is -2.27. The summed E-state index contributed by atoms with van der Waals surface area (Å²) in [4.78, 5) is 37.8. The highest BCUT2D eigenvalue weighted by Gasteiger charge is 2.30. The molecule has 0 radical (unpaired) electrons. The average Bonchev–Trinajstić information content (AvgIpc) is 3.43. The van der Waals surface area contributed by atoms with Gasteiger partial charge in [-0.15, -0.1) is 0 Å². The van der Waals surface area contributed by atoms with Crippen molar-refractivity contribution in [3.8, 4) is 0 Å². The number of carbonyl (C=O) groups is 2. The molecule has 476 valence electrons. The van der Waals surface area contributed by atoms with E-state index in [0.29, 0.717) is 17.4 Å². The van der Waals surface area contributed by atoms with E-state index in [1.54, 1.807) is 0 Å². The molecule has 10 heteroatoms. The summed E-state index contributed by atoms with van der Waals surface area (Å²) in [6, 6.07) is -0.850. The highest BCUT2D eigenvalue weighted by atomic mass is 31.2. The fourth-order valence-electron chi connectivity index (χ4n) is 10.3. The smallest absolute Gasteiger partial charge is 0.456 e. The van der Waals surface area contributed by atoms with Gasteiger partial charge in [-0.3, -0.25) is 18.6 Å². The van der Waals surface area contributed by atoms with Crippen LogP contribution in [-0.4, -0.2) is 74.3 Å². The maximum Gasteiger partial charge on any atom is 0.472 e. The first kappa shape index (κ1) is 79.0. The maximum atomic E-state index is 13.6. The zero-order valence-electron chi connectivity index (χ0n) is 54.5. The Bertz CT molecular complexity index is 1520. The number of hydrogen-bond donors (Lipinski definition) is 2. The summed E-state index contributed by atoms with van der Waals surface area (Å²) < 4.78 is 30.8. The Morgan fingerprint density at radius 3 is 1.15 bits per heavy atom. The molecule has 0 aliphatic carbocycles. The van der Waals surface area contributed by atoms with Gasteiger partial charge in [0.25, 0.3) is 0 Å². The molecule has 0 saturated carbocycles. The largest absolute Gasteiger partial charge is 0.472 e. The molecule has 1 amide bonds. The number of amides is 1. The fraction of sp³-hybridized carbons (Fsp3) is 0.859. The van der Waals surface area contributed by atoms with Crippen LogP contribution in [-0.2, 0) is 27.9 Å². The molecule has 0 fully saturated rings. The molecule has 9 nitrogen and oxygen atoms in total. The van der Waals surface area contributed by atoms with E-state index in [-0.39, 0.29) is 31.5 Å². The van der Waals surface area contributed by atoms with Crippen molar-refractivity contribution < 1.29 is 37.3 Å². The van der Waals surface area contributed by atoms with Gasteiger partial charge in [0.2, 0.25) is 5.91 Å². The number of unbranched alkanes of at least 4 members (excludes halogenated alkanes) is 42. The molecule has 0 bridgehead atoms. The highest BCUT2D eigenvalue weighted by molar-refractivity contribution is 7.47. The number of phosphoric acid groups is 1. The van der Waals surface area contributed by atoms with Crippen molar-refractivity contribution in [1.29, 1.82) is 0 Å². The molecule has 3 unspecified atom stereocenters. The lowest BCUT2D eigenvalue weighted by Crippen LogP contribution is -2.47. The molecule has 0 spiro atoms. The minimum absolute atomic E-state index is 0.0401. The van der Waals surface area contributed by atoms with Crippen molar-refractivity contribution in [3.05, 3.63) is 48.6 Å². The Balaban J connectivity index is 4.97. The van der Waals surface area contributed by atoms with Crippen LogP contribution in [0.1, 0.15) is 342 Å². The zero-order chi connectivity index (χ0) is 59.3. The van der Waals surface area contributed by atoms with Crippen LogP contribution in [0, 0.1) is 0 Å². The van der Waals surface area contributed by atoms with E-state index in [2.05, 4.69) is 62.5 Å². The van der Waals surface area contributed by atoms with Crippen molar-refractivity contribution in [2.45, 2.75) is 354 Å². The van der Waals surface area contributed by atoms with Gasteiger partial charge in [0, 0.05) is 12.8 Å². The number of quaternary nitrogens is 1. The van der Waals surface area contributed by atoms with Gasteiger partial charge >= 0.3 is 13.8 Å². The molecule has 0 saturated heterocycles. The first-order valence-electron chi connectivity index (χ1n) is 35.0. The summed E-state index contributed by atoms with van der Waals surface area (Å²) >= 11 is 0. The van der Waals surface area contributed by atoms with E-state index in [1.165, 1.54) is 231 Å². The van der Waals surface area contributed by atoms with Gasteiger partial charge in [-0.1, -0.05) is 288 Å². The number of nitrogens with one attached hydrogen (secondary N) is 1. The Hall–Kier alpha value is -2.03. The number of ether oxygens (including phenoxy) is 1. The lowest BCUT2D eigenvalue weighted by atomic mass is 10.0. The van der Waals surface area contributed by atoms with Gasteiger partial charge in [0.1, 0.15) is 19.3 Å². The summed E-state index contributed by atoms with van der Waals surface area (Å²) in [7, 11) is 1.50. The molecule has 2 N–H and O–H groups in total. The molecule has 0 aromatic heterocycles. The molecule has 0 aliphatic heterocycles. The summed E-state index contributed by atoms with van der Waals surface area (Å²) in [6.45, 7) is 7.01. The van der Waals surface area contributed by atoms with Crippen molar-refractivity contribution in [2.24, 2.45) is 0 Å². The number of hydrogen-bond acceptors (Lipinski definition) is 6. The number of nitrogens with zero attached hydrogens (tertiary/aromatic N) is 1. The molecule has 81 heavy (non-hydrogen) atoms. The second kappa shape index (κ2) is 61.1. The number of rotatable bonds is 64. The van der Waals surface area contributed by atoms with Crippen LogP contribution in [0.25, 0.3) is 0 Å². The van der Waals surface area contributed by atoms with Gasteiger partial charge in [0.15, 0.2) is 0 Å². The number of carbonyl (C=O) groups excluding carboxylic acids is 2. The molecule has 0 rings (SSSR count). The number of likely N-dealkylation sites (N-methyl/N-ethyl adjacent to an activating group) is 1. The predicted molar refractivity (Wildman–Crippen MR) is 351 cm³/mol. The normalized spacial score (nSPS) is 13.8. The quantitative estimate of drug-likeness (QED) is 0.0205. The highest BCUT2D eigenvalue weighted by Crippen LogP contribution is 2.43. The first-order valence-corrected chi connectivity index (χ1v) is 36.5. The summed E-state index contributed by atoms with van der Waals surface area (Å²) in [5.74, 6) is -0.501. The molecular formula is C71H136N2O7P+. The van der Waals surface area contributed by atoms with Gasteiger partial charge < -0.3 is 19.4 Å². The van der Waals surface area contributed by atoms with E-state index in [4.69, 9.17) is 13.8 Å². The number of allylic oxidation sites excluding steroid dienone is 7. The summed E-state index contributed by atoms with van der Waals surface area (Å²) in [5, 5.41) is 3.07. The molecule has 0 aromatic carbocycles. The summed E-state index contributed by atoms with van der Waals surface area (Å²) in [5.41, 5.74) is 0. The van der Waals surface area contributed by atoms with Gasteiger partial charge in [-0.05, 0) is 89.5 Å². The van der Waals surface area contributed by atoms with Crippen LogP contribution in [0.15, 0.2) is 48.6 Å². The minimum atomic E-state index is -4.45. The molecule has 0 aliphatic rings. The molecule has 0 heterocycles. The monoisotopic (exact) mass is 1160 g/mol. The second-order valence-corrected chi connectivity index (χ2v) is 26.5. The van der Waals surface area contributed by atoms with Gasteiger partial charge in [-0.25, -0.2) is 4.57 Å². The fourth-order valence-corrected chi connectivity index (χ4v) is 11.1. The topological polar surface area (TPSA) is 111 Å². The van der Waals surface area contributed by atoms with Crippen LogP contribution < -0.4 is 5.32 Å². The van der Waals surface area contributed by atoms with E-state index in [0.717, 1.165) is 77.0 Å². The van der Waals surface area contributed by atoms with Crippen LogP contribution in [0.5, 0.6) is 0 Å². The van der Waals surface area contributed by atoms with Crippen LogP contribution in [0.3, 0.4) is 0 Å². The predicted octanol–water partition coefficient (Wildman–Crippen LogP) is 22.0. The van der Waals surface area contributed by atoms with Crippen molar-refractivity contribution in [2.75, 3.05) is 40.9 Å². The number of esters is 1. The molecule has 0 aromatic rings. The second-order valence-electron chi connectivity index (χ2n) is 25.0. The van der Waals surface area contributed by atoms with Crippen LogP contribution in [0.4, 0.5) is 0 Å². The zero-order valence-corrected chi connectivity index (χ0v) is 55.4. The Kier molecular flexibility index (Phi) is 59.5. The van der Waals surface area contributed by atoms with E-state index < -0.39 is 20.0 Å². The third kappa shape index (κ3) is 62.3. The van der Waals surface area contributed by atoms with Crippen LogP contribution >= 0.6 is 7.82 Å². The number of phosphoric ester groups is 1. The minimum Gasteiger partial charge on any atom is -0.456 e. The van der Waals surface area contributed by atoms with Crippen molar-refractivity contribution in [3.63, 3.8) is 0 Å². The van der Waals surface area contributed by atoms with E-state index >= 15 is 0 Å². The Morgan fingerprint density at radius 1 is 0.432 bits per heavy atom. The lowest BCUT2D eigenvalue weighted by molar-refractivity contribution is -0.870.